The smallest absolute Gasteiger partial charge is 0.258 e. The zero-order valence-electron chi connectivity index (χ0n) is 13.0. The fourth-order valence-electron chi connectivity index (χ4n) is 2.03. The maximum absolute atomic E-state index is 12.4. The number of carbonyl (C=O) groups excluding carboxylic acids is 1. The predicted octanol–water partition coefficient (Wildman–Crippen LogP) is 2.73. The third kappa shape index (κ3) is 3.74. The summed E-state index contributed by atoms with van der Waals surface area (Å²) in [7, 11) is -2.78. The molecule has 0 radical (unpaired) electrons. The molecule has 0 saturated carbocycles. The molecule has 2 aromatic heterocycles. The van der Waals surface area contributed by atoms with Crippen LogP contribution in [0.5, 0.6) is 0 Å². The topological polar surface area (TPSA) is 98.3 Å². The number of benzene rings is 1. The van der Waals surface area contributed by atoms with Crippen molar-refractivity contribution in [1.29, 1.82) is 0 Å². The molecule has 124 valence electrons. The molecule has 7 nitrogen and oxygen atoms in total. The van der Waals surface area contributed by atoms with Crippen molar-refractivity contribution in [1.82, 2.24) is 15.1 Å². The number of hydrogen-bond donors (Lipinski definition) is 0. The summed E-state index contributed by atoms with van der Waals surface area (Å²) in [5, 5.41) is 5.54. The summed E-state index contributed by atoms with van der Waals surface area (Å²) in [5.41, 5.74) is 1.56. The van der Waals surface area contributed by atoms with Crippen LogP contribution in [0.4, 0.5) is 0 Å². The van der Waals surface area contributed by atoms with Crippen LogP contribution < -0.4 is 0 Å². The summed E-state index contributed by atoms with van der Waals surface area (Å²) < 4.78 is 21.5. The number of thiazole rings is 1. The van der Waals surface area contributed by atoms with Crippen LogP contribution in [0.15, 0.2) is 49.1 Å². The average Bonchev–Trinajstić information content (AvgIpc) is 3.19. The fourth-order valence-corrected chi connectivity index (χ4v) is 4.17. The lowest BCUT2D eigenvalue weighted by Gasteiger charge is -2.01. The maximum Gasteiger partial charge on any atom is 0.258 e. The van der Waals surface area contributed by atoms with E-state index in [0.29, 0.717) is 16.1 Å². The van der Waals surface area contributed by atoms with Gasteiger partial charge in [0.15, 0.2) is 4.34 Å². The zero-order chi connectivity index (χ0) is 17.2. The summed E-state index contributed by atoms with van der Waals surface area (Å²) in [4.78, 5) is 20.2. The molecule has 0 aliphatic carbocycles. The molecular weight excluding hydrogens is 348 g/mol. The fraction of sp³-hybridized carbons (Fsp3) is 0.200. The molecule has 1 unspecified atom stereocenters. The third-order valence-corrected chi connectivity index (χ3v) is 6.19. The van der Waals surface area contributed by atoms with Crippen molar-refractivity contribution in [3.63, 3.8) is 0 Å². The first-order valence-corrected chi connectivity index (χ1v) is 9.78. The Balaban J connectivity index is 1.74. The first kappa shape index (κ1) is 16.5. The minimum Gasteiger partial charge on any atom is -0.339 e. The lowest BCUT2D eigenvalue weighted by molar-refractivity contribution is -0.117. The number of rotatable bonds is 4. The van der Waals surface area contributed by atoms with Gasteiger partial charge in [0.1, 0.15) is 9.73 Å². The first-order valence-electron chi connectivity index (χ1n) is 6.98. The van der Waals surface area contributed by atoms with Crippen molar-refractivity contribution < 1.29 is 13.5 Å². The second kappa shape index (κ2) is 6.62. The van der Waals surface area contributed by atoms with Crippen LogP contribution in [0.3, 0.4) is 0 Å². The molecule has 1 aromatic carbocycles. The summed E-state index contributed by atoms with van der Waals surface area (Å²) >= 11 is 1.22. The molecule has 9 heteroatoms. The monoisotopic (exact) mass is 362 g/mol. The molecule has 3 rings (SSSR count). The van der Waals surface area contributed by atoms with E-state index in [9.17, 15) is 9.00 Å². The van der Waals surface area contributed by atoms with E-state index in [-0.39, 0.29) is 6.42 Å². The van der Waals surface area contributed by atoms with Crippen LogP contribution in [-0.2, 0) is 20.9 Å². The van der Waals surface area contributed by atoms with Crippen molar-refractivity contribution in [3.8, 4) is 11.4 Å². The van der Waals surface area contributed by atoms with Crippen LogP contribution >= 0.6 is 11.3 Å². The standard InChI is InChI=1S/C15H14N4O3S2/c1-10-17-14(18-22-10)12-5-3-11(4-6-12)9-13(20)19-24(2,21)15-16-7-8-23-15/h3-8H,9H2,1-2H3. The van der Waals surface area contributed by atoms with Gasteiger partial charge in [0.25, 0.3) is 5.91 Å². The van der Waals surface area contributed by atoms with Gasteiger partial charge in [0, 0.05) is 30.3 Å². The zero-order valence-corrected chi connectivity index (χ0v) is 14.6. The SMILES string of the molecule is Cc1nc(-c2ccc(CC(=O)N=S(C)(=O)c3nccs3)cc2)no1. The highest BCUT2D eigenvalue weighted by Gasteiger charge is 2.13. The summed E-state index contributed by atoms with van der Waals surface area (Å²) in [6.07, 6.45) is 3.04. The first-order chi connectivity index (χ1) is 11.4. The van der Waals surface area contributed by atoms with Gasteiger partial charge in [-0.2, -0.15) is 9.35 Å². The average molecular weight is 362 g/mol. The van der Waals surface area contributed by atoms with E-state index in [2.05, 4.69) is 19.5 Å². The number of carbonyl (C=O) groups is 1. The summed E-state index contributed by atoms with van der Waals surface area (Å²) in [5.74, 6) is 0.541. The molecule has 0 aliphatic heterocycles. The molecule has 0 N–H and O–H groups in total. The lowest BCUT2D eigenvalue weighted by Crippen LogP contribution is -2.05. The number of amides is 1. The van der Waals surface area contributed by atoms with Crippen molar-refractivity contribution in [2.75, 3.05) is 6.26 Å². The summed E-state index contributed by atoms with van der Waals surface area (Å²) in [6.45, 7) is 1.72. The van der Waals surface area contributed by atoms with Gasteiger partial charge in [-0.05, 0) is 5.56 Å². The quantitative estimate of drug-likeness (QED) is 0.708. The Morgan fingerprint density at radius 2 is 2.08 bits per heavy atom. The highest BCUT2D eigenvalue weighted by atomic mass is 32.2. The van der Waals surface area contributed by atoms with Gasteiger partial charge in [-0.15, -0.1) is 11.3 Å². The Kier molecular flexibility index (Phi) is 4.54. The van der Waals surface area contributed by atoms with Gasteiger partial charge in [0.05, 0.1) is 6.42 Å². The highest BCUT2D eigenvalue weighted by Crippen LogP contribution is 2.18. The van der Waals surface area contributed by atoms with Gasteiger partial charge in [-0.25, -0.2) is 9.19 Å². The molecule has 0 bridgehead atoms. The summed E-state index contributed by atoms with van der Waals surface area (Å²) in [6, 6.07) is 7.18. The molecule has 0 fully saturated rings. The minimum absolute atomic E-state index is 0.0712. The largest absolute Gasteiger partial charge is 0.339 e. The Morgan fingerprint density at radius 1 is 1.33 bits per heavy atom. The van der Waals surface area contributed by atoms with E-state index in [1.54, 1.807) is 42.8 Å². The maximum atomic E-state index is 12.4. The lowest BCUT2D eigenvalue weighted by atomic mass is 10.1. The normalized spacial score (nSPS) is 13.4. The predicted molar refractivity (Wildman–Crippen MR) is 90.1 cm³/mol. The molecule has 0 saturated heterocycles. The van der Waals surface area contributed by atoms with E-state index in [4.69, 9.17) is 4.52 Å². The van der Waals surface area contributed by atoms with Crippen molar-refractivity contribution in [2.24, 2.45) is 4.36 Å². The third-order valence-electron chi connectivity index (χ3n) is 3.10. The van der Waals surface area contributed by atoms with E-state index >= 15 is 0 Å². The van der Waals surface area contributed by atoms with Gasteiger partial charge < -0.3 is 4.52 Å². The highest BCUT2D eigenvalue weighted by molar-refractivity contribution is 7.95. The van der Waals surface area contributed by atoms with E-state index in [1.165, 1.54) is 17.6 Å². The molecule has 0 aliphatic rings. The van der Waals surface area contributed by atoms with Crippen LogP contribution in [-0.4, -0.2) is 31.5 Å². The minimum atomic E-state index is -2.78. The van der Waals surface area contributed by atoms with Crippen LogP contribution in [0.2, 0.25) is 0 Å². The Bertz CT molecular complexity index is 969. The molecule has 24 heavy (non-hydrogen) atoms. The Labute approximate surface area is 142 Å². The van der Waals surface area contributed by atoms with E-state index in [0.717, 1.165) is 11.1 Å². The van der Waals surface area contributed by atoms with Gasteiger partial charge >= 0.3 is 0 Å². The second-order valence-electron chi connectivity index (χ2n) is 5.10. The number of nitrogens with zero attached hydrogens (tertiary/aromatic N) is 4. The number of aromatic nitrogens is 3. The van der Waals surface area contributed by atoms with Crippen molar-refractivity contribution in [2.45, 2.75) is 17.7 Å². The van der Waals surface area contributed by atoms with Crippen LogP contribution in [0, 0.1) is 6.92 Å². The molecule has 0 spiro atoms. The second-order valence-corrected chi connectivity index (χ2v) is 8.42. The van der Waals surface area contributed by atoms with E-state index < -0.39 is 15.6 Å². The van der Waals surface area contributed by atoms with Gasteiger partial charge in [-0.3, -0.25) is 4.79 Å². The van der Waals surface area contributed by atoms with Crippen LogP contribution in [0.25, 0.3) is 11.4 Å². The van der Waals surface area contributed by atoms with Gasteiger partial charge in [0.2, 0.25) is 11.7 Å². The molecular formula is C15H14N4O3S2. The molecule has 1 amide bonds. The Morgan fingerprint density at radius 3 is 2.67 bits per heavy atom. The number of hydrogen-bond acceptors (Lipinski definition) is 7. The van der Waals surface area contributed by atoms with Crippen molar-refractivity contribution in [3.05, 3.63) is 47.3 Å². The van der Waals surface area contributed by atoms with Crippen LogP contribution in [0.1, 0.15) is 11.5 Å². The molecule has 3 aromatic rings. The van der Waals surface area contributed by atoms with Crippen molar-refractivity contribution >= 4 is 27.0 Å². The molecule has 1 atom stereocenters. The number of aryl methyl sites for hydroxylation is 1. The Hall–Kier alpha value is -2.39. The van der Waals surface area contributed by atoms with E-state index in [1.807, 2.05) is 0 Å². The molecule has 2 heterocycles. The van der Waals surface area contributed by atoms with Gasteiger partial charge in [-0.1, -0.05) is 29.4 Å².